The van der Waals surface area contributed by atoms with Crippen molar-refractivity contribution in [2.45, 2.75) is 25.3 Å². The Kier molecular flexibility index (Phi) is 3.31. The van der Waals surface area contributed by atoms with Crippen molar-refractivity contribution in [1.82, 2.24) is 4.90 Å². The number of nitrogens with zero attached hydrogens (tertiary/aromatic N) is 1. The first-order valence-corrected chi connectivity index (χ1v) is 6.27. The third-order valence-corrected chi connectivity index (χ3v) is 3.81. The second kappa shape index (κ2) is 4.71. The summed E-state index contributed by atoms with van der Waals surface area (Å²) in [5.41, 5.74) is 1.21. The molecular formula is C12H15NOS. The molecule has 1 aliphatic heterocycles. The van der Waals surface area contributed by atoms with E-state index in [0.29, 0.717) is 11.8 Å². The zero-order valence-corrected chi connectivity index (χ0v) is 9.67. The van der Waals surface area contributed by atoms with Gasteiger partial charge < -0.3 is 4.90 Å². The molecule has 2 nitrogen and oxygen atoms in total. The minimum atomic E-state index is 0.283. The largest absolute Gasteiger partial charge is 0.327 e. The fourth-order valence-electron chi connectivity index (χ4n) is 1.75. The number of rotatable bonds is 2. The molecule has 1 atom stereocenters. The topological polar surface area (TPSA) is 20.3 Å². The predicted octanol–water partition coefficient (Wildman–Crippen LogP) is 2.50. The first-order valence-electron chi connectivity index (χ1n) is 5.22. The van der Waals surface area contributed by atoms with Gasteiger partial charge in [-0.2, -0.15) is 0 Å². The van der Waals surface area contributed by atoms with Gasteiger partial charge in [0.05, 0.1) is 5.37 Å². The molecule has 0 saturated carbocycles. The third-order valence-electron chi connectivity index (χ3n) is 2.63. The number of amides is 1. The fraction of sp³-hybridized carbons (Fsp3) is 0.417. The molecule has 1 heterocycles. The van der Waals surface area contributed by atoms with Crippen molar-refractivity contribution < 1.29 is 4.79 Å². The highest BCUT2D eigenvalue weighted by molar-refractivity contribution is 7.99. The lowest BCUT2D eigenvalue weighted by atomic mass is 10.2. The maximum absolute atomic E-state index is 11.7. The maximum atomic E-state index is 11.7. The van der Waals surface area contributed by atoms with E-state index in [1.54, 1.807) is 0 Å². The van der Waals surface area contributed by atoms with Crippen molar-refractivity contribution >= 4 is 17.7 Å². The average molecular weight is 221 g/mol. The van der Waals surface area contributed by atoms with Crippen LogP contribution in [0.25, 0.3) is 0 Å². The summed E-state index contributed by atoms with van der Waals surface area (Å²) in [5, 5.41) is 0.312. The zero-order valence-electron chi connectivity index (χ0n) is 8.85. The summed E-state index contributed by atoms with van der Waals surface area (Å²) in [7, 11) is 0. The van der Waals surface area contributed by atoms with Gasteiger partial charge in [0.15, 0.2) is 0 Å². The molecular weight excluding hydrogens is 206 g/mol. The average Bonchev–Trinajstić information content (AvgIpc) is 2.25. The summed E-state index contributed by atoms with van der Waals surface area (Å²) in [6.45, 7) is 2.85. The summed E-state index contributed by atoms with van der Waals surface area (Å²) in [6.07, 6.45) is 0.682. The molecule has 80 valence electrons. The number of hydrogen-bond donors (Lipinski definition) is 0. The molecule has 0 spiro atoms. The van der Waals surface area contributed by atoms with Crippen LogP contribution in [0.5, 0.6) is 0 Å². The molecule has 2 rings (SSSR count). The third kappa shape index (κ3) is 2.53. The molecule has 1 saturated heterocycles. The van der Waals surface area contributed by atoms with Crippen LogP contribution in [-0.4, -0.2) is 21.9 Å². The second-order valence-electron chi connectivity index (χ2n) is 3.73. The number of benzene rings is 1. The van der Waals surface area contributed by atoms with Gasteiger partial charge in [0.2, 0.25) is 5.91 Å². The Morgan fingerprint density at radius 1 is 1.40 bits per heavy atom. The highest BCUT2D eigenvalue weighted by Gasteiger charge is 2.24. The normalized spacial score (nSPS) is 21.8. The Morgan fingerprint density at radius 2 is 2.13 bits per heavy atom. The van der Waals surface area contributed by atoms with Crippen molar-refractivity contribution in [3.63, 3.8) is 0 Å². The van der Waals surface area contributed by atoms with Gasteiger partial charge in [-0.15, -0.1) is 11.8 Å². The lowest BCUT2D eigenvalue weighted by Crippen LogP contribution is -2.39. The molecule has 1 amide bonds. The lowest BCUT2D eigenvalue weighted by molar-refractivity contribution is -0.132. The van der Waals surface area contributed by atoms with Gasteiger partial charge in [-0.05, 0) is 12.5 Å². The van der Waals surface area contributed by atoms with Crippen LogP contribution >= 0.6 is 11.8 Å². The summed E-state index contributed by atoms with van der Waals surface area (Å²) in [5.74, 6) is 1.25. The molecule has 1 aromatic carbocycles. The Bertz CT molecular complexity index is 339. The quantitative estimate of drug-likeness (QED) is 0.764. The molecule has 1 aliphatic rings. The van der Waals surface area contributed by atoms with E-state index >= 15 is 0 Å². The van der Waals surface area contributed by atoms with Gasteiger partial charge in [-0.3, -0.25) is 4.79 Å². The van der Waals surface area contributed by atoms with Crippen molar-refractivity contribution in [2.75, 3.05) is 5.75 Å². The van der Waals surface area contributed by atoms with Crippen LogP contribution in [-0.2, 0) is 11.3 Å². The molecule has 0 aliphatic carbocycles. The molecule has 3 heteroatoms. The first kappa shape index (κ1) is 10.6. The van der Waals surface area contributed by atoms with E-state index in [0.717, 1.165) is 12.3 Å². The Morgan fingerprint density at radius 3 is 2.80 bits per heavy atom. The second-order valence-corrected chi connectivity index (χ2v) is 5.15. The molecule has 1 fully saturated rings. The molecule has 0 radical (unpaired) electrons. The molecule has 15 heavy (non-hydrogen) atoms. The summed E-state index contributed by atoms with van der Waals surface area (Å²) < 4.78 is 0. The summed E-state index contributed by atoms with van der Waals surface area (Å²) in [6, 6.07) is 10.2. The Hall–Kier alpha value is -0.960. The van der Waals surface area contributed by atoms with E-state index in [9.17, 15) is 4.79 Å². The minimum Gasteiger partial charge on any atom is -0.327 e. The van der Waals surface area contributed by atoms with E-state index in [1.807, 2.05) is 34.9 Å². The minimum absolute atomic E-state index is 0.283. The van der Waals surface area contributed by atoms with E-state index in [4.69, 9.17) is 0 Å². The van der Waals surface area contributed by atoms with Gasteiger partial charge in [-0.25, -0.2) is 0 Å². The number of carbonyl (C=O) groups excluding carboxylic acids is 1. The van der Waals surface area contributed by atoms with Crippen molar-refractivity contribution in [3.8, 4) is 0 Å². The standard InChI is InChI=1S/C12H15NOS/c1-10-13(12(14)7-8-15-10)9-11-5-3-2-4-6-11/h2-6,10H,7-9H2,1H3. The smallest absolute Gasteiger partial charge is 0.224 e. The Balaban J connectivity index is 2.07. The number of thioether (sulfide) groups is 1. The highest BCUT2D eigenvalue weighted by Crippen LogP contribution is 2.24. The number of carbonyl (C=O) groups is 1. The van der Waals surface area contributed by atoms with Crippen LogP contribution in [0.15, 0.2) is 30.3 Å². The van der Waals surface area contributed by atoms with Crippen LogP contribution in [0.2, 0.25) is 0 Å². The summed E-state index contributed by atoms with van der Waals surface area (Å²) >= 11 is 1.85. The van der Waals surface area contributed by atoms with E-state index in [2.05, 4.69) is 19.1 Å². The molecule has 1 unspecified atom stereocenters. The van der Waals surface area contributed by atoms with Crippen molar-refractivity contribution in [1.29, 1.82) is 0 Å². The van der Waals surface area contributed by atoms with Crippen LogP contribution in [0.4, 0.5) is 0 Å². The summed E-state index contributed by atoms with van der Waals surface area (Å²) in [4.78, 5) is 13.7. The molecule has 0 N–H and O–H groups in total. The molecule has 1 aromatic rings. The Labute approximate surface area is 94.7 Å². The van der Waals surface area contributed by atoms with Gasteiger partial charge in [0.25, 0.3) is 0 Å². The van der Waals surface area contributed by atoms with Crippen LogP contribution in [0, 0.1) is 0 Å². The van der Waals surface area contributed by atoms with E-state index < -0.39 is 0 Å². The maximum Gasteiger partial charge on any atom is 0.224 e. The predicted molar refractivity (Wildman–Crippen MR) is 63.5 cm³/mol. The van der Waals surface area contributed by atoms with Gasteiger partial charge >= 0.3 is 0 Å². The first-order chi connectivity index (χ1) is 7.27. The lowest BCUT2D eigenvalue weighted by Gasteiger charge is -2.32. The molecule has 0 bridgehead atoms. The van der Waals surface area contributed by atoms with Crippen LogP contribution in [0.1, 0.15) is 18.9 Å². The fourth-order valence-corrected chi connectivity index (χ4v) is 2.76. The van der Waals surface area contributed by atoms with Gasteiger partial charge in [0.1, 0.15) is 0 Å². The van der Waals surface area contributed by atoms with Crippen molar-refractivity contribution in [2.24, 2.45) is 0 Å². The van der Waals surface area contributed by atoms with Gasteiger partial charge in [-0.1, -0.05) is 30.3 Å². The molecule has 0 aromatic heterocycles. The van der Waals surface area contributed by atoms with Crippen LogP contribution in [0.3, 0.4) is 0 Å². The zero-order chi connectivity index (χ0) is 10.7. The van der Waals surface area contributed by atoms with Crippen molar-refractivity contribution in [3.05, 3.63) is 35.9 Å². The van der Waals surface area contributed by atoms with Crippen LogP contribution < -0.4 is 0 Å². The monoisotopic (exact) mass is 221 g/mol. The van der Waals surface area contributed by atoms with E-state index in [1.165, 1.54) is 5.56 Å². The SMILES string of the molecule is CC1SCCC(=O)N1Cc1ccccc1. The highest BCUT2D eigenvalue weighted by atomic mass is 32.2. The number of hydrogen-bond acceptors (Lipinski definition) is 2. The van der Waals surface area contributed by atoms with E-state index in [-0.39, 0.29) is 5.91 Å². The van der Waals surface area contributed by atoms with Gasteiger partial charge in [0, 0.05) is 18.7 Å².